The van der Waals surface area contributed by atoms with Crippen molar-refractivity contribution in [1.29, 1.82) is 0 Å². The van der Waals surface area contributed by atoms with Crippen LogP contribution in [0.2, 0.25) is 0 Å². The van der Waals surface area contributed by atoms with Gasteiger partial charge in [-0.15, -0.1) is 0 Å². The number of nitrogens with one attached hydrogen (secondary N) is 1. The number of benzene rings is 2. The molecule has 0 unspecified atom stereocenters. The second-order valence-electron chi connectivity index (χ2n) is 7.26. The van der Waals surface area contributed by atoms with Gasteiger partial charge in [0, 0.05) is 5.56 Å². The van der Waals surface area contributed by atoms with Crippen LogP contribution >= 0.6 is 0 Å². The Kier molecular flexibility index (Phi) is 6.67. The van der Waals surface area contributed by atoms with Gasteiger partial charge in [-0.25, -0.2) is 0 Å². The molecule has 0 heterocycles. The highest BCUT2D eigenvalue weighted by Gasteiger charge is 2.18. The van der Waals surface area contributed by atoms with E-state index in [9.17, 15) is 4.79 Å². The van der Waals surface area contributed by atoms with Crippen LogP contribution in [-0.2, 0) is 5.41 Å². The molecule has 0 spiro atoms. The molecule has 2 aromatic rings. The van der Waals surface area contributed by atoms with E-state index in [0.717, 1.165) is 22.6 Å². The molecule has 4 heteroatoms. The zero-order valence-corrected chi connectivity index (χ0v) is 16.4. The molecule has 2 aromatic carbocycles. The lowest BCUT2D eigenvalue weighted by atomic mass is 9.86. The lowest BCUT2D eigenvalue weighted by Crippen LogP contribution is -2.28. The molecule has 0 saturated carbocycles. The number of amides is 1. The first-order valence-corrected chi connectivity index (χ1v) is 9.07. The summed E-state index contributed by atoms with van der Waals surface area (Å²) in [4.78, 5) is 12.3. The molecule has 1 N–H and O–H groups in total. The Bertz CT molecular complexity index is 747. The Morgan fingerprint density at radius 1 is 1.04 bits per heavy atom. The number of aryl methyl sites for hydroxylation is 1. The summed E-state index contributed by atoms with van der Waals surface area (Å²) in [7, 11) is 0. The molecule has 2 rings (SSSR count). The summed E-state index contributed by atoms with van der Waals surface area (Å²) in [5.41, 5.74) is 2.75. The molecule has 4 nitrogen and oxygen atoms in total. The molecule has 0 aliphatic rings. The number of para-hydroxylation sites is 1. The van der Waals surface area contributed by atoms with Crippen LogP contribution in [0.3, 0.4) is 0 Å². The smallest absolute Gasteiger partial charge is 0.251 e. The molecule has 0 bridgehead atoms. The molecule has 1 amide bonds. The summed E-state index contributed by atoms with van der Waals surface area (Å²) in [6.07, 6.45) is 0. The predicted molar refractivity (Wildman–Crippen MR) is 105 cm³/mol. The zero-order valence-electron chi connectivity index (χ0n) is 16.4. The van der Waals surface area contributed by atoms with Gasteiger partial charge in [-0.1, -0.05) is 39.0 Å². The normalized spacial score (nSPS) is 11.1. The van der Waals surface area contributed by atoms with Crippen molar-refractivity contribution in [3.05, 3.63) is 59.2 Å². The van der Waals surface area contributed by atoms with Crippen LogP contribution in [-0.4, -0.2) is 25.7 Å². The molecule has 0 aliphatic carbocycles. The second-order valence-corrected chi connectivity index (χ2v) is 7.26. The van der Waals surface area contributed by atoms with E-state index in [1.165, 1.54) is 0 Å². The maximum atomic E-state index is 12.3. The second kappa shape index (κ2) is 8.75. The summed E-state index contributed by atoms with van der Waals surface area (Å²) < 4.78 is 11.4. The minimum Gasteiger partial charge on any atom is -0.494 e. The first-order valence-electron chi connectivity index (χ1n) is 9.07. The number of hydrogen-bond donors (Lipinski definition) is 1. The van der Waals surface area contributed by atoms with Crippen molar-refractivity contribution in [1.82, 2.24) is 5.32 Å². The summed E-state index contributed by atoms with van der Waals surface area (Å²) >= 11 is 0. The largest absolute Gasteiger partial charge is 0.494 e. The lowest BCUT2D eigenvalue weighted by Gasteiger charge is -2.22. The number of carbonyl (C=O) groups excluding carboxylic acids is 1. The van der Waals surface area contributed by atoms with Gasteiger partial charge in [-0.2, -0.15) is 0 Å². The van der Waals surface area contributed by atoms with Crippen molar-refractivity contribution >= 4 is 5.91 Å². The van der Waals surface area contributed by atoms with Gasteiger partial charge in [0.15, 0.2) is 0 Å². The van der Waals surface area contributed by atoms with Gasteiger partial charge in [0.05, 0.1) is 13.2 Å². The molecule has 26 heavy (non-hydrogen) atoms. The van der Waals surface area contributed by atoms with E-state index in [1.807, 2.05) is 44.2 Å². The van der Waals surface area contributed by atoms with Gasteiger partial charge >= 0.3 is 0 Å². The number of ether oxygens (including phenoxy) is 2. The van der Waals surface area contributed by atoms with Crippen LogP contribution in [0.1, 0.15) is 49.2 Å². The van der Waals surface area contributed by atoms with Crippen LogP contribution in [0.4, 0.5) is 0 Å². The van der Waals surface area contributed by atoms with E-state index in [1.54, 1.807) is 6.07 Å². The van der Waals surface area contributed by atoms with Gasteiger partial charge < -0.3 is 14.8 Å². The van der Waals surface area contributed by atoms with Gasteiger partial charge in [0.2, 0.25) is 0 Å². The minimum absolute atomic E-state index is 0.0136. The lowest BCUT2D eigenvalue weighted by molar-refractivity contribution is 0.0946. The first-order chi connectivity index (χ1) is 12.3. The van der Waals surface area contributed by atoms with Crippen LogP contribution < -0.4 is 14.8 Å². The van der Waals surface area contributed by atoms with Crippen LogP contribution in [0.5, 0.6) is 11.5 Å². The average molecular weight is 355 g/mol. The standard InChI is InChI=1S/C22H29NO3/c1-6-25-19-12-11-17(15-16(19)2)21(24)23-13-14-26-20-10-8-7-9-18(20)22(3,4)5/h7-12,15H,6,13-14H2,1-5H3,(H,23,24). The Morgan fingerprint density at radius 2 is 1.77 bits per heavy atom. The zero-order chi connectivity index (χ0) is 19.2. The third-order valence-corrected chi connectivity index (χ3v) is 4.08. The highest BCUT2D eigenvalue weighted by atomic mass is 16.5. The monoisotopic (exact) mass is 355 g/mol. The van der Waals surface area contributed by atoms with Crippen molar-refractivity contribution < 1.29 is 14.3 Å². The topological polar surface area (TPSA) is 47.6 Å². The van der Waals surface area contributed by atoms with Crippen molar-refractivity contribution in [3.8, 4) is 11.5 Å². The van der Waals surface area contributed by atoms with Crippen molar-refractivity contribution in [3.63, 3.8) is 0 Å². The van der Waals surface area contributed by atoms with Gasteiger partial charge in [0.25, 0.3) is 5.91 Å². The van der Waals surface area contributed by atoms with E-state index in [2.05, 4.69) is 32.2 Å². The quantitative estimate of drug-likeness (QED) is 0.744. The number of rotatable bonds is 7. The van der Waals surface area contributed by atoms with Crippen LogP contribution in [0, 0.1) is 6.92 Å². The van der Waals surface area contributed by atoms with E-state index >= 15 is 0 Å². The Balaban J connectivity index is 1.89. The van der Waals surface area contributed by atoms with Crippen LogP contribution in [0.25, 0.3) is 0 Å². The minimum atomic E-state index is -0.108. The fraction of sp³-hybridized carbons (Fsp3) is 0.409. The van der Waals surface area contributed by atoms with Crippen molar-refractivity contribution in [2.75, 3.05) is 19.8 Å². The van der Waals surface area contributed by atoms with Gasteiger partial charge in [-0.05, 0) is 54.7 Å². The highest BCUT2D eigenvalue weighted by Crippen LogP contribution is 2.30. The summed E-state index contributed by atoms with van der Waals surface area (Å²) in [5, 5.41) is 2.90. The van der Waals surface area contributed by atoms with E-state index in [0.29, 0.717) is 25.3 Å². The molecule has 0 aliphatic heterocycles. The number of carbonyl (C=O) groups is 1. The Hall–Kier alpha value is -2.49. The summed E-state index contributed by atoms with van der Waals surface area (Å²) in [5.74, 6) is 1.57. The van der Waals surface area contributed by atoms with Gasteiger partial charge in [-0.3, -0.25) is 4.79 Å². The number of hydrogen-bond acceptors (Lipinski definition) is 3. The predicted octanol–water partition coefficient (Wildman–Crippen LogP) is 4.50. The first kappa shape index (κ1) is 19.8. The summed E-state index contributed by atoms with van der Waals surface area (Å²) in [6, 6.07) is 13.5. The fourth-order valence-corrected chi connectivity index (χ4v) is 2.75. The van der Waals surface area contributed by atoms with Crippen molar-refractivity contribution in [2.45, 2.75) is 40.0 Å². The molecular weight excluding hydrogens is 326 g/mol. The molecule has 0 fully saturated rings. The maximum Gasteiger partial charge on any atom is 0.251 e. The third kappa shape index (κ3) is 5.25. The third-order valence-electron chi connectivity index (χ3n) is 4.08. The molecule has 0 atom stereocenters. The van der Waals surface area contributed by atoms with Crippen molar-refractivity contribution in [2.24, 2.45) is 0 Å². The average Bonchev–Trinajstić information content (AvgIpc) is 2.60. The van der Waals surface area contributed by atoms with Gasteiger partial charge in [0.1, 0.15) is 18.1 Å². The Morgan fingerprint density at radius 3 is 2.42 bits per heavy atom. The molecule has 0 saturated heterocycles. The fourth-order valence-electron chi connectivity index (χ4n) is 2.75. The molecule has 140 valence electrons. The van der Waals surface area contributed by atoms with E-state index < -0.39 is 0 Å². The molecular formula is C22H29NO3. The highest BCUT2D eigenvalue weighted by molar-refractivity contribution is 5.94. The molecule has 0 radical (unpaired) electrons. The summed E-state index contributed by atoms with van der Waals surface area (Å²) in [6.45, 7) is 11.8. The van der Waals surface area contributed by atoms with E-state index in [4.69, 9.17) is 9.47 Å². The molecule has 0 aromatic heterocycles. The van der Waals surface area contributed by atoms with E-state index in [-0.39, 0.29) is 11.3 Å². The Labute approximate surface area is 156 Å². The maximum absolute atomic E-state index is 12.3. The SMILES string of the molecule is CCOc1ccc(C(=O)NCCOc2ccccc2C(C)(C)C)cc1C. The van der Waals surface area contributed by atoms with Crippen LogP contribution in [0.15, 0.2) is 42.5 Å².